The zero-order valence-corrected chi connectivity index (χ0v) is 17.2. The second-order valence-corrected chi connectivity index (χ2v) is 6.88. The molecule has 0 atom stereocenters. The van der Waals surface area contributed by atoms with Crippen LogP contribution >= 0.6 is 0 Å². The van der Waals surface area contributed by atoms with Crippen molar-refractivity contribution < 1.29 is 18.7 Å². The first-order valence-electron chi connectivity index (χ1n) is 9.71. The highest BCUT2D eigenvalue weighted by Gasteiger charge is 2.14. The molecule has 0 saturated heterocycles. The number of aryl methyl sites for hydroxylation is 1. The van der Waals surface area contributed by atoms with Crippen molar-refractivity contribution in [3.05, 3.63) is 89.6 Å². The van der Waals surface area contributed by atoms with Crippen molar-refractivity contribution in [2.75, 3.05) is 12.4 Å². The van der Waals surface area contributed by atoms with Gasteiger partial charge in [-0.1, -0.05) is 24.3 Å². The van der Waals surface area contributed by atoms with E-state index in [2.05, 4.69) is 15.4 Å². The number of methoxy groups -OCH3 is 1. The average molecular weight is 418 g/mol. The Morgan fingerprint density at radius 2 is 1.84 bits per heavy atom. The van der Waals surface area contributed by atoms with E-state index in [-0.39, 0.29) is 18.3 Å². The molecule has 0 aliphatic carbocycles. The molecule has 1 amide bonds. The number of aromatic nitrogens is 3. The van der Waals surface area contributed by atoms with Crippen LogP contribution in [0.25, 0.3) is 0 Å². The first-order chi connectivity index (χ1) is 15.1. The summed E-state index contributed by atoms with van der Waals surface area (Å²) in [5, 5.41) is 6.95. The van der Waals surface area contributed by atoms with E-state index >= 15 is 0 Å². The second-order valence-electron chi connectivity index (χ2n) is 6.88. The van der Waals surface area contributed by atoms with Crippen molar-refractivity contribution in [3.8, 4) is 11.5 Å². The van der Waals surface area contributed by atoms with E-state index in [9.17, 15) is 4.79 Å². The van der Waals surface area contributed by atoms with Crippen LogP contribution in [0.2, 0.25) is 0 Å². The van der Waals surface area contributed by atoms with Gasteiger partial charge in [-0.05, 0) is 54.4 Å². The van der Waals surface area contributed by atoms with E-state index in [1.165, 1.54) is 5.56 Å². The Morgan fingerprint density at radius 3 is 2.61 bits per heavy atom. The molecule has 2 heterocycles. The van der Waals surface area contributed by atoms with Gasteiger partial charge in [-0.3, -0.25) is 10.1 Å². The number of hydrogen-bond donors (Lipinski definition) is 1. The van der Waals surface area contributed by atoms with Crippen molar-refractivity contribution in [3.63, 3.8) is 0 Å². The fourth-order valence-corrected chi connectivity index (χ4v) is 2.96. The normalized spacial score (nSPS) is 10.6. The number of rotatable bonds is 8. The Morgan fingerprint density at radius 1 is 1.06 bits per heavy atom. The number of amides is 1. The number of carbonyl (C=O) groups excluding carboxylic acids is 1. The highest BCUT2D eigenvalue weighted by molar-refractivity contribution is 6.01. The summed E-state index contributed by atoms with van der Waals surface area (Å²) in [6.45, 7) is 2.81. The number of carbonyl (C=O) groups is 1. The third-order valence-corrected chi connectivity index (χ3v) is 4.68. The third-order valence-electron chi connectivity index (χ3n) is 4.68. The second kappa shape index (κ2) is 9.17. The van der Waals surface area contributed by atoms with Crippen LogP contribution in [0.5, 0.6) is 11.5 Å². The zero-order valence-electron chi connectivity index (χ0n) is 17.2. The molecule has 0 radical (unpaired) electrons. The molecule has 2 aromatic heterocycles. The van der Waals surface area contributed by atoms with Crippen molar-refractivity contribution in [2.24, 2.45) is 0 Å². The van der Waals surface area contributed by atoms with Gasteiger partial charge in [0.05, 0.1) is 13.7 Å². The van der Waals surface area contributed by atoms with Crippen LogP contribution in [0, 0.1) is 6.92 Å². The van der Waals surface area contributed by atoms with Gasteiger partial charge in [0.15, 0.2) is 5.76 Å². The molecular formula is C23H22N4O4. The van der Waals surface area contributed by atoms with E-state index < -0.39 is 5.91 Å². The molecule has 1 N–H and O–H groups in total. The summed E-state index contributed by atoms with van der Waals surface area (Å²) in [5.41, 5.74) is 2.31. The van der Waals surface area contributed by atoms with Crippen LogP contribution in [0.15, 0.2) is 71.4 Å². The Kier molecular flexibility index (Phi) is 5.98. The summed E-state index contributed by atoms with van der Waals surface area (Å²) in [5.74, 6) is 1.89. The lowest BCUT2D eigenvalue weighted by Gasteiger charge is -2.05. The summed E-state index contributed by atoms with van der Waals surface area (Å²) in [7, 11) is 1.61. The first-order valence-corrected chi connectivity index (χ1v) is 9.71. The molecule has 0 unspecified atom stereocenters. The lowest BCUT2D eigenvalue weighted by molar-refractivity contribution is 0.0991. The lowest BCUT2D eigenvalue weighted by Crippen LogP contribution is -2.12. The molecule has 0 aliphatic heterocycles. The van der Waals surface area contributed by atoms with Crippen molar-refractivity contribution in [2.45, 2.75) is 20.1 Å². The maximum absolute atomic E-state index is 12.4. The molecule has 31 heavy (non-hydrogen) atoms. The molecule has 0 aliphatic rings. The summed E-state index contributed by atoms with van der Waals surface area (Å²) in [6.07, 6.45) is 1.58. The van der Waals surface area contributed by atoms with Gasteiger partial charge in [0.2, 0.25) is 5.95 Å². The zero-order chi connectivity index (χ0) is 21.6. The number of nitrogens with one attached hydrogen (secondary N) is 1. The van der Waals surface area contributed by atoms with Crippen LogP contribution in [-0.4, -0.2) is 27.8 Å². The summed E-state index contributed by atoms with van der Waals surface area (Å²) in [6, 6.07) is 18.6. The monoisotopic (exact) mass is 418 g/mol. The predicted molar refractivity (Wildman–Crippen MR) is 114 cm³/mol. The quantitative estimate of drug-likeness (QED) is 0.464. The number of anilines is 1. The van der Waals surface area contributed by atoms with Crippen LogP contribution in [0.1, 0.15) is 27.4 Å². The first kappa shape index (κ1) is 20.2. The topological polar surface area (TPSA) is 91.4 Å². The fraction of sp³-hybridized carbons (Fsp3) is 0.174. The minimum Gasteiger partial charge on any atom is -0.497 e. The fourth-order valence-electron chi connectivity index (χ4n) is 2.96. The highest BCUT2D eigenvalue weighted by Crippen LogP contribution is 2.19. The lowest BCUT2D eigenvalue weighted by atomic mass is 10.1. The van der Waals surface area contributed by atoms with Gasteiger partial charge in [-0.25, -0.2) is 9.67 Å². The largest absolute Gasteiger partial charge is 0.497 e. The third kappa shape index (κ3) is 5.11. The molecule has 0 spiro atoms. The smallest absolute Gasteiger partial charge is 0.293 e. The van der Waals surface area contributed by atoms with Crippen LogP contribution in [0.4, 0.5) is 5.95 Å². The Balaban J connectivity index is 1.32. The molecule has 2 aromatic carbocycles. The van der Waals surface area contributed by atoms with Crippen LogP contribution in [-0.2, 0) is 13.2 Å². The molecule has 158 valence electrons. The standard InChI is InChI=1S/C23H22N4O4/c1-16-5-3-4-6-17(16)13-27-15-24-23(26-27)25-22(28)21-12-11-20(31-21)14-30-19-9-7-18(29-2)8-10-19/h3-12,15H,13-14H2,1-2H3,(H,25,26,28). The maximum Gasteiger partial charge on any atom is 0.293 e. The van der Waals surface area contributed by atoms with E-state index in [0.29, 0.717) is 18.1 Å². The SMILES string of the molecule is COc1ccc(OCc2ccc(C(=O)Nc3ncn(Cc4ccccc4C)n3)o2)cc1. The van der Waals surface area contributed by atoms with Gasteiger partial charge in [0.1, 0.15) is 30.2 Å². The van der Waals surface area contributed by atoms with Gasteiger partial charge in [0.25, 0.3) is 5.91 Å². The Hall–Kier alpha value is -4.07. The molecule has 4 rings (SSSR count). The van der Waals surface area contributed by atoms with Crippen LogP contribution in [0.3, 0.4) is 0 Å². The average Bonchev–Trinajstić information content (AvgIpc) is 3.44. The molecule has 0 saturated carbocycles. The number of furan rings is 1. The van der Waals surface area contributed by atoms with Gasteiger partial charge in [-0.2, -0.15) is 0 Å². The minimum atomic E-state index is -0.427. The van der Waals surface area contributed by atoms with Crippen molar-refractivity contribution in [1.29, 1.82) is 0 Å². The molecule has 0 bridgehead atoms. The van der Waals surface area contributed by atoms with Gasteiger partial charge >= 0.3 is 0 Å². The Labute approximate surface area is 179 Å². The van der Waals surface area contributed by atoms with Crippen molar-refractivity contribution in [1.82, 2.24) is 14.8 Å². The van der Waals surface area contributed by atoms with Crippen LogP contribution < -0.4 is 14.8 Å². The summed E-state index contributed by atoms with van der Waals surface area (Å²) >= 11 is 0. The molecule has 4 aromatic rings. The number of nitrogens with zero attached hydrogens (tertiary/aromatic N) is 3. The molecular weight excluding hydrogens is 396 g/mol. The molecule has 0 fully saturated rings. The Bertz CT molecular complexity index is 1160. The number of benzene rings is 2. The number of hydrogen-bond acceptors (Lipinski definition) is 6. The number of ether oxygens (including phenoxy) is 2. The van der Waals surface area contributed by atoms with E-state index in [1.54, 1.807) is 42.4 Å². The molecule has 8 nitrogen and oxygen atoms in total. The van der Waals surface area contributed by atoms with E-state index in [0.717, 1.165) is 11.3 Å². The highest BCUT2D eigenvalue weighted by atomic mass is 16.5. The molecule has 8 heteroatoms. The summed E-state index contributed by atoms with van der Waals surface area (Å²) in [4.78, 5) is 16.6. The van der Waals surface area contributed by atoms with Gasteiger partial charge < -0.3 is 13.9 Å². The van der Waals surface area contributed by atoms with Crippen molar-refractivity contribution >= 4 is 11.9 Å². The van der Waals surface area contributed by atoms with Gasteiger partial charge in [0, 0.05) is 0 Å². The predicted octanol–water partition coefficient (Wildman–Crippen LogP) is 4.07. The van der Waals surface area contributed by atoms with Gasteiger partial charge in [-0.15, -0.1) is 5.10 Å². The maximum atomic E-state index is 12.4. The van der Waals surface area contributed by atoms with E-state index in [1.807, 2.05) is 43.3 Å². The minimum absolute atomic E-state index is 0.156. The van der Waals surface area contributed by atoms with E-state index in [4.69, 9.17) is 13.9 Å². The summed E-state index contributed by atoms with van der Waals surface area (Å²) < 4.78 is 18.0.